The van der Waals surface area contributed by atoms with Gasteiger partial charge in [-0.05, 0) is 55.9 Å². The summed E-state index contributed by atoms with van der Waals surface area (Å²) < 4.78 is 11.3. The summed E-state index contributed by atoms with van der Waals surface area (Å²) in [6.45, 7) is 3.99. The molecule has 2 aromatic rings. The van der Waals surface area contributed by atoms with Crippen molar-refractivity contribution in [1.82, 2.24) is 9.97 Å². The predicted molar refractivity (Wildman–Crippen MR) is 115 cm³/mol. The largest absolute Gasteiger partial charge is 0.476 e. The molecule has 1 saturated carbocycles. The zero-order valence-corrected chi connectivity index (χ0v) is 17.3. The molecule has 0 unspecified atom stereocenters. The SMILES string of the molecule is N[C@H]1CC[C@H](COc2nc(Nc3ccc(N4CCOCC4)cc3)ncc2Cl)CC1. The third kappa shape index (κ3) is 5.50. The molecule has 2 heterocycles. The van der Waals surface area contributed by atoms with Gasteiger partial charge in [0.05, 0.1) is 26.0 Å². The summed E-state index contributed by atoms with van der Waals surface area (Å²) in [6.07, 6.45) is 5.86. The number of rotatable bonds is 6. The Hall–Kier alpha value is -2.09. The summed E-state index contributed by atoms with van der Waals surface area (Å²) in [7, 11) is 0. The Morgan fingerprint density at radius 1 is 1.14 bits per heavy atom. The Labute approximate surface area is 176 Å². The van der Waals surface area contributed by atoms with Crippen LogP contribution in [0.5, 0.6) is 5.88 Å². The monoisotopic (exact) mass is 417 g/mol. The van der Waals surface area contributed by atoms with E-state index in [1.807, 2.05) is 12.1 Å². The number of nitrogens with one attached hydrogen (secondary N) is 1. The average Bonchev–Trinajstić information content (AvgIpc) is 2.76. The number of hydrogen-bond donors (Lipinski definition) is 2. The van der Waals surface area contributed by atoms with E-state index >= 15 is 0 Å². The van der Waals surface area contributed by atoms with Crippen LogP contribution in [-0.4, -0.2) is 48.9 Å². The fraction of sp³-hybridized carbons (Fsp3) is 0.524. The summed E-state index contributed by atoms with van der Waals surface area (Å²) in [5.74, 6) is 1.39. The number of morpholine rings is 1. The van der Waals surface area contributed by atoms with E-state index in [1.165, 1.54) is 5.69 Å². The molecular formula is C21H28ClN5O2. The number of anilines is 3. The third-order valence-electron chi connectivity index (χ3n) is 5.56. The van der Waals surface area contributed by atoms with Gasteiger partial charge in [-0.2, -0.15) is 4.98 Å². The van der Waals surface area contributed by atoms with Gasteiger partial charge >= 0.3 is 0 Å². The first kappa shape index (κ1) is 20.2. The van der Waals surface area contributed by atoms with E-state index in [2.05, 4.69) is 32.3 Å². The molecule has 1 aliphatic carbocycles. The lowest BCUT2D eigenvalue weighted by molar-refractivity contribution is 0.122. The normalized spacial score (nSPS) is 22.3. The maximum Gasteiger partial charge on any atom is 0.237 e. The summed E-state index contributed by atoms with van der Waals surface area (Å²) in [4.78, 5) is 11.0. The first-order valence-corrected chi connectivity index (χ1v) is 10.7. The number of hydrogen-bond acceptors (Lipinski definition) is 7. The van der Waals surface area contributed by atoms with Crippen LogP contribution in [0.2, 0.25) is 5.02 Å². The van der Waals surface area contributed by atoms with E-state index in [1.54, 1.807) is 6.20 Å². The molecule has 1 aromatic heterocycles. The maximum absolute atomic E-state index is 6.23. The zero-order chi connectivity index (χ0) is 20.1. The lowest BCUT2D eigenvalue weighted by Gasteiger charge is -2.28. The molecule has 1 aliphatic heterocycles. The molecule has 8 heteroatoms. The molecule has 0 bridgehead atoms. The van der Waals surface area contributed by atoms with E-state index < -0.39 is 0 Å². The highest BCUT2D eigenvalue weighted by atomic mass is 35.5. The van der Waals surface area contributed by atoms with Crippen molar-refractivity contribution in [3.05, 3.63) is 35.5 Å². The van der Waals surface area contributed by atoms with Crippen molar-refractivity contribution in [3.8, 4) is 5.88 Å². The number of nitrogens with two attached hydrogens (primary N) is 1. The number of aromatic nitrogens is 2. The van der Waals surface area contributed by atoms with Crippen LogP contribution in [0.1, 0.15) is 25.7 Å². The first-order chi connectivity index (χ1) is 14.2. The van der Waals surface area contributed by atoms with Crippen molar-refractivity contribution < 1.29 is 9.47 Å². The van der Waals surface area contributed by atoms with Gasteiger partial charge in [-0.15, -0.1) is 0 Å². The number of halogens is 1. The van der Waals surface area contributed by atoms with Crippen molar-refractivity contribution in [3.63, 3.8) is 0 Å². The van der Waals surface area contributed by atoms with Gasteiger partial charge in [-0.3, -0.25) is 0 Å². The second-order valence-corrected chi connectivity index (χ2v) is 8.12. The fourth-order valence-corrected chi connectivity index (χ4v) is 3.92. The fourth-order valence-electron chi connectivity index (χ4n) is 3.77. The number of benzene rings is 1. The van der Waals surface area contributed by atoms with Crippen LogP contribution in [0, 0.1) is 5.92 Å². The van der Waals surface area contributed by atoms with Gasteiger partial charge in [0.15, 0.2) is 0 Å². The van der Waals surface area contributed by atoms with Crippen molar-refractivity contribution in [2.75, 3.05) is 43.1 Å². The van der Waals surface area contributed by atoms with Crippen LogP contribution in [0.25, 0.3) is 0 Å². The Bertz CT molecular complexity index is 790. The first-order valence-electron chi connectivity index (χ1n) is 10.3. The number of nitrogens with zero attached hydrogens (tertiary/aromatic N) is 3. The van der Waals surface area contributed by atoms with Crippen LogP contribution >= 0.6 is 11.6 Å². The smallest absolute Gasteiger partial charge is 0.237 e. The minimum absolute atomic E-state index is 0.333. The second kappa shape index (κ2) is 9.61. The molecule has 0 spiro atoms. The summed E-state index contributed by atoms with van der Waals surface area (Å²) in [5, 5.41) is 3.65. The minimum Gasteiger partial charge on any atom is -0.476 e. The average molecular weight is 418 g/mol. The second-order valence-electron chi connectivity index (χ2n) is 7.71. The predicted octanol–water partition coefficient (Wildman–Crippen LogP) is 3.61. The number of ether oxygens (including phenoxy) is 2. The summed E-state index contributed by atoms with van der Waals surface area (Å²) >= 11 is 6.23. The van der Waals surface area contributed by atoms with Gasteiger partial charge in [0.2, 0.25) is 11.8 Å². The van der Waals surface area contributed by atoms with E-state index in [0.29, 0.717) is 35.4 Å². The summed E-state index contributed by atoms with van der Waals surface area (Å²) in [5.41, 5.74) is 8.07. The maximum atomic E-state index is 6.23. The highest BCUT2D eigenvalue weighted by Gasteiger charge is 2.20. The van der Waals surface area contributed by atoms with Crippen molar-refractivity contribution >= 4 is 28.9 Å². The molecule has 156 valence electrons. The topological polar surface area (TPSA) is 85.5 Å². The van der Waals surface area contributed by atoms with Gasteiger partial charge in [0.1, 0.15) is 5.02 Å². The van der Waals surface area contributed by atoms with Gasteiger partial charge in [0.25, 0.3) is 0 Å². The van der Waals surface area contributed by atoms with E-state index in [9.17, 15) is 0 Å². The van der Waals surface area contributed by atoms with Gasteiger partial charge in [-0.1, -0.05) is 11.6 Å². The Morgan fingerprint density at radius 3 is 2.59 bits per heavy atom. The standard InChI is InChI=1S/C21H28ClN5O2/c22-19-13-24-21(26-20(19)29-14-15-1-3-16(23)4-2-15)25-17-5-7-18(8-6-17)27-9-11-28-12-10-27/h5-8,13,15-16H,1-4,9-12,14,23H2,(H,24,25,26)/t15-,16-. The van der Waals surface area contributed by atoms with Gasteiger partial charge in [-0.25, -0.2) is 4.98 Å². The molecular weight excluding hydrogens is 390 g/mol. The Balaban J connectivity index is 1.35. The molecule has 7 nitrogen and oxygen atoms in total. The van der Waals surface area contributed by atoms with E-state index in [4.69, 9.17) is 26.8 Å². The Morgan fingerprint density at radius 2 is 1.86 bits per heavy atom. The van der Waals surface area contributed by atoms with Gasteiger partial charge in [0, 0.05) is 30.5 Å². The van der Waals surface area contributed by atoms with E-state index in [0.717, 1.165) is 57.7 Å². The highest BCUT2D eigenvalue weighted by Crippen LogP contribution is 2.28. The molecule has 3 N–H and O–H groups in total. The molecule has 1 saturated heterocycles. The van der Waals surface area contributed by atoms with Crippen molar-refractivity contribution in [2.45, 2.75) is 31.7 Å². The minimum atomic E-state index is 0.333. The van der Waals surface area contributed by atoms with Crippen LogP contribution < -0.4 is 20.7 Å². The lowest BCUT2D eigenvalue weighted by Crippen LogP contribution is -2.36. The molecule has 2 aliphatic rings. The molecule has 4 rings (SSSR count). The van der Waals surface area contributed by atoms with E-state index in [-0.39, 0.29) is 0 Å². The highest BCUT2D eigenvalue weighted by molar-refractivity contribution is 6.31. The molecule has 0 radical (unpaired) electrons. The lowest BCUT2D eigenvalue weighted by atomic mass is 9.87. The van der Waals surface area contributed by atoms with Crippen LogP contribution in [0.3, 0.4) is 0 Å². The third-order valence-corrected chi connectivity index (χ3v) is 5.82. The van der Waals surface area contributed by atoms with Crippen molar-refractivity contribution in [2.24, 2.45) is 11.7 Å². The zero-order valence-electron chi connectivity index (χ0n) is 16.5. The van der Waals surface area contributed by atoms with Crippen LogP contribution in [0.15, 0.2) is 30.5 Å². The van der Waals surface area contributed by atoms with Gasteiger partial charge < -0.3 is 25.4 Å². The molecule has 2 fully saturated rings. The van der Waals surface area contributed by atoms with Crippen molar-refractivity contribution in [1.29, 1.82) is 0 Å². The Kier molecular flexibility index (Phi) is 6.69. The quantitative estimate of drug-likeness (QED) is 0.742. The molecule has 1 aromatic carbocycles. The van der Waals surface area contributed by atoms with Crippen LogP contribution in [-0.2, 0) is 4.74 Å². The van der Waals surface area contributed by atoms with Crippen LogP contribution in [0.4, 0.5) is 17.3 Å². The molecule has 29 heavy (non-hydrogen) atoms. The summed E-state index contributed by atoms with van der Waals surface area (Å²) in [6, 6.07) is 8.56. The molecule has 0 amide bonds. The molecule has 0 atom stereocenters.